The van der Waals surface area contributed by atoms with E-state index in [-0.39, 0.29) is 24.0 Å². The van der Waals surface area contributed by atoms with Gasteiger partial charge >= 0.3 is 0 Å². The topological polar surface area (TPSA) is 81.9 Å². The van der Waals surface area contributed by atoms with Crippen LogP contribution in [0.3, 0.4) is 0 Å². The van der Waals surface area contributed by atoms with E-state index in [0.717, 1.165) is 11.1 Å². The van der Waals surface area contributed by atoms with Crippen molar-refractivity contribution in [1.29, 1.82) is 0 Å². The van der Waals surface area contributed by atoms with Crippen molar-refractivity contribution in [2.75, 3.05) is 20.3 Å². The molecule has 7 heteroatoms. The molecule has 0 aromatic heterocycles. The molecule has 0 radical (unpaired) electrons. The highest BCUT2D eigenvalue weighted by atomic mass is 16.6. The highest BCUT2D eigenvalue weighted by Gasteiger charge is 2.18. The highest BCUT2D eigenvalue weighted by Crippen LogP contribution is 2.31. The second-order valence-electron chi connectivity index (χ2n) is 6.92. The van der Waals surface area contributed by atoms with Crippen LogP contribution in [-0.4, -0.2) is 36.0 Å². The fraction of sp³-hybridized carbons (Fsp3) is 0.208. The number of nitrogens with zero attached hydrogens (tertiary/aromatic N) is 2. The van der Waals surface area contributed by atoms with E-state index < -0.39 is 4.92 Å². The Kier molecular flexibility index (Phi) is 7.59. The number of non-ortho nitro benzene ring substituents is 1. The van der Waals surface area contributed by atoms with Crippen LogP contribution in [0.5, 0.6) is 11.5 Å². The minimum absolute atomic E-state index is 0.131. The summed E-state index contributed by atoms with van der Waals surface area (Å²) in [6.45, 7) is 0.717. The first-order valence-corrected chi connectivity index (χ1v) is 9.87. The predicted octanol–water partition coefficient (Wildman–Crippen LogP) is 4.25. The number of benzene rings is 3. The molecular formula is C24H24N2O5. The minimum atomic E-state index is -0.518. The lowest BCUT2D eigenvalue weighted by Gasteiger charge is -2.23. The average Bonchev–Trinajstić information content (AvgIpc) is 2.81. The fourth-order valence-electron chi connectivity index (χ4n) is 3.13. The Morgan fingerprint density at radius 1 is 0.935 bits per heavy atom. The number of ether oxygens (including phenoxy) is 2. The minimum Gasteiger partial charge on any atom is -0.493 e. The summed E-state index contributed by atoms with van der Waals surface area (Å²) in [4.78, 5) is 25.3. The Balaban J connectivity index is 1.71. The van der Waals surface area contributed by atoms with Gasteiger partial charge in [-0.15, -0.1) is 0 Å². The van der Waals surface area contributed by atoms with Crippen LogP contribution in [0.2, 0.25) is 0 Å². The molecule has 3 rings (SSSR count). The van der Waals surface area contributed by atoms with Crippen molar-refractivity contribution < 1.29 is 19.2 Å². The summed E-state index contributed by atoms with van der Waals surface area (Å²) in [6.07, 6.45) is 0.708. The van der Waals surface area contributed by atoms with Crippen molar-refractivity contribution in [2.45, 2.75) is 13.0 Å². The molecule has 0 N–H and O–H groups in total. The van der Waals surface area contributed by atoms with Gasteiger partial charge in [-0.05, 0) is 23.6 Å². The Bertz CT molecular complexity index is 1010. The van der Waals surface area contributed by atoms with Crippen LogP contribution in [0.4, 0.5) is 5.69 Å². The Hall–Kier alpha value is -3.87. The summed E-state index contributed by atoms with van der Waals surface area (Å²) in [7, 11) is 1.44. The number of carbonyl (C=O) groups excluding carboxylic acids is 1. The summed E-state index contributed by atoms with van der Waals surface area (Å²) in [5.74, 6) is 0.276. The number of amides is 1. The molecule has 7 nitrogen and oxygen atoms in total. The molecule has 3 aromatic carbocycles. The molecule has 31 heavy (non-hydrogen) atoms. The molecule has 0 saturated carbocycles. The number of hydrogen-bond donors (Lipinski definition) is 0. The summed E-state index contributed by atoms with van der Waals surface area (Å²) in [6, 6.07) is 23.7. The summed E-state index contributed by atoms with van der Waals surface area (Å²) in [5, 5.41) is 11.1. The number of nitro groups is 1. The number of methoxy groups -OCH3 is 1. The van der Waals surface area contributed by atoms with Crippen LogP contribution in [0, 0.1) is 10.1 Å². The molecule has 0 fully saturated rings. The first kappa shape index (κ1) is 21.8. The summed E-state index contributed by atoms with van der Waals surface area (Å²) < 4.78 is 10.8. The fourth-order valence-corrected chi connectivity index (χ4v) is 3.13. The molecular weight excluding hydrogens is 396 g/mol. The average molecular weight is 420 g/mol. The lowest BCUT2D eigenvalue weighted by Crippen LogP contribution is -2.36. The molecule has 0 bridgehead atoms. The maximum absolute atomic E-state index is 13.0. The molecule has 0 saturated heterocycles. The number of carbonyl (C=O) groups is 1. The standard InChI is InChI=1S/C24H24N2O5/c1-30-22-13-12-21(26(28)29)16-23(22)31-18-24(27)25(17-20-10-6-3-7-11-20)15-14-19-8-4-2-5-9-19/h2-13,16H,14-15,17-18H2,1H3. The third-order valence-corrected chi connectivity index (χ3v) is 4.79. The van der Waals surface area contributed by atoms with E-state index in [1.54, 1.807) is 4.90 Å². The molecule has 0 aliphatic carbocycles. The zero-order valence-electron chi connectivity index (χ0n) is 17.3. The Labute approximate surface area is 181 Å². The second kappa shape index (κ2) is 10.8. The maximum atomic E-state index is 13.0. The van der Waals surface area contributed by atoms with Gasteiger partial charge in [-0.1, -0.05) is 60.7 Å². The van der Waals surface area contributed by atoms with E-state index in [0.29, 0.717) is 25.3 Å². The molecule has 0 atom stereocenters. The molecule has 0 unspecified atom stereocenters. The normalized spacial score (nSPS) is 10.4. The third kappa shape index (κ3) is 6.30. The monoisotopic (exact) mass is 420 g/mol. The van der Waals surface area contributed by atoms with E-state index in [2.05, 4.69) is 0 Å². The van der Waals surface area contributed by atoms with E-state index in [1.807, 2.05) is 60.7 Å². The Morgan fingerprint density at radius 2 is 1.58 bits per heavy atom. The van der Waals surface area contributed by atoms with Crippen LogP contribution in [-0.2, 0) is 17.8 Å². The van der Waals surface area contributed by atoms with E-state index in [4.69, 9.17) is 9.47 Å². The van der Waals surface area contributed by atoms with Crippen molar-refractivity contribution in [1.82, 2.24) is 4.90 Å². The first-order valence-electron chi connectivity index (χ1n) is 9.87. The zero-order chi connectivity index (χ0) is 22.1. The molecule has 160 valence electrons. The molecule has 3 aromatic rings. The number of rotatable bonds is 10. The number of hydrogen-bond acceptors (Lipinski definition) is 5. The van der Waals surface area contributed by atoms with Gasteiger partial charge in [0.05, 0.1) is 18.1 Å². The van der Waals surface area contributed by atoms with Crippen molar-refractivity contribution >= 4 is 11.6 Å². The molecule has 0 heterocycles. The summed E-state index contributed by atoms with van der Waals surface area (Å²) >= 11 is 0. The van der Waals surface area contributed by atoms with Crippen LogP contribution >= 0.6 is 0 Å². The second-order valence-corrected chi connectivity index (χ2v) is 6.92. The van der Waals surface area contributed by atoms with E-state index >= 15 is 0 Å². The molecule has 0 aliphatic rings. The molecule has 0 aliphatic heterocycles. The van der Waals surface area contributed by atoms with Gasteiger partial charge < -0.3 is 14.4 Å². The molecule has 0 spiro atoms. The zero-order valence-corrected chi connectivity index (χ0v) is 17.3. The largest absolute Gasteiger partial charge is 0.493 e. The lowest BCUT2D eigenvalue weighted by molar-refractivity contribution is -0.385. The van der Waals surface area contributed by atoms with Gasteiger partial charge in [-0.2, -0.15) is 0 Å². The predicted molar refractivity (Wildman–Crippen MR) is 117 cm³/mol. The lowest BCUT2D eigenvalue weighted by atomic mass is 10.1. The van der Waals surface area contributed by atoms with Gasteiger partial charge in [-0.25, -0.2) is 0 Å². The smallest absolute Gasteiger partial charge is 0.273 e. The first-order chi connectivity index (χ1) is 15.1. The van der Waals surface area contributed by atoms with Crippen molar-refractivity contribution in [3.63, 3.8) is 0 Å². The van der Waals surface area contributed by atoms with Gasteiger partial charge in [0.2, 0.25) is 0 Å². The van der Waals surface area contributed by atoms with Gasteiger partial charge in [0, 0.05) is 19.2 Å². The van der Waals surface area contributed by atoms with Crippen molar-refractivity contribution in [3.8, 4) is 11.5 Å². The van der Waals surface area contributed by atoms with Gasteiger partial charge in [0.1, 0.15) is 0 Å². The van der Waals surface area contributed by atoms with Crippen LogP contribution in [0.25, 0.3) is 0 Å². The highest BCUT2D eigenvalue weighted by molar-refractivity contribution is 5.78. The quantitative estimate of drug-likeness (QED) is 0.362. The van der Waals surface area contributed by atoms with Crippen LogP contribution < -0.4 is 9.47 Å². The van der Waals surface area contributed by atoms with Gasteiger partial charge in [0.25, 0.3) is 11.6 Å². The maximum Gasteiger partial charge on any atom is 0.273 e. The van der Waals surface area contributed by atoms with Gasteiger partial charge in [-0.3, -0.25) is 14.9 Å². The SMILES string of the molecule is COc1ccc([N+](=O)[O-])cc1OCC(=O)N(CCc1ccccc1)Cc1ccccc1. The van der Waals surface area contributed by atoms with E-state index in [1.165, 1.54) is 25.3 Å². The molecule has 1 amide bonds. The Morgan fingerprint density at radius 3 is 2.19 bits per heavy atom. The van der Waals surface area contributed by atoms with Crippen LogP contribution in [0.15, 0.2) is 78.9 Å². The number of nitro benzene ring substituents is 1. The third-order valence-electron chi connectivity index (χ3n) is 4.79. The van der Waals surface area contributed by atoms with Crippen molar-refractivity contribution in [3.05, 3.63) is 100 Å². The van der Waals surface area contributed by atoms with Gasteiger partial charge in [0.15, 0.2) is 18.1 Å². The summed E-state index contributed by atoms with van der Waals surface area (Å²) in [5.41, 5.74) is 2.01. The van der Waals surface area contributed by atoms with E-state index in [9.17, 15) is 14.9 Å². The van der Waals surface area contributed by atoms with Crippen LogP contribution in [0.1, 0.15) is 11.1 Å². The van der Waals surface area contributed by atoms with Crippen molar-refractivity contribution in [2.24, 2.45) is 0 Å².